The first-order chi connectivity index (χ1) is 8.79. The normalized spacial score (nSPS) is 10.8. The number of halogens is 1. The quantitative estimate of drug-likeness (QED) is 0.795. The summed E-state index contributed by atoms with van der Waals surface area (Å²) in [5.41, 5.74) is 0.572. The van der Waals surface area contributed by atoms with Crippen LogP contribution in [-0.2, 0) is 12.8 Å². The van der Waals surface area contributed by atoms with Gasteiger partial charge in [-0.1, -0.05) is 18.2 Å². The molecule has 18 heavy (non-hydrogen) atoms. The van der Waals surface area contributed by atoms with Gasteiger partial charge in [0.2, 0.25) is 11.8 Å². The summed E-state index contributed by atoms with van der Waals surface area (Å²) in [5.74, 6) is 0.823. The third-order valence-corrected chi connectivity index (χ3v) is 2.63. The fourth-order valence-electron chi connectivity index (χ4n) is 1.68. The van der Waals surface area contributed by atoms with E-state index in [1.165, 1.54) is 6.07 Å². The third-order valence-electron chi connectivity index (χ3n) is 2.63. The molecular formula is C13H16FN3O. The second-order valence-electron chi connectivity index (χ2n) is 4.06. The molecule has 0 unspecified atom stereocenters. The van der Waals surface area contributed by atoms with Crippen LogP contribution < -0.4 is 5.32 Å². The van der Waals surface area contributed by atoms with Gasteiger partial charge in [-0.05, 0) is 31.6 Å². The molecule has 0 amide bonds. The Morgan fingerprint density at radius 1 is 1.22 bits per heavy atom. The van der Waals surface area contributed by atoms with Gasteiger partial charge in [-0.15, -0.1) is 10.2 Å². The van der Waals surface area contributed by atoms with Gasteiger partial charge in [-0.3, -0.25) is 0 Å². The van der Waals surface area contributed by atoms with Crippen LogP contribution >= 0.6 is 0 Å². The predicted octanol–water partition coefficient (Wildman–Crippen LogP) is 1.95. The topological polar surface area (TPSA) is 51.0 Å². The minimum atomic E-state index is -0.243. The predicted molar refractivity (Wildman–Crippen MR) is 65.8 cm³/mol. The molecule has 2 rings (SSSR count). The highest BCUT2D eigenvalue weighted by molar-refractivity contribution is 5.20. The Labute approximate surface area is 105 Å². The van der Waals surface area contributed by atoms with Gasteiger partial charge in [0.05, 0.1) is 6.42 Å². The lowest BCUT2D eigenvalue weighted by atomic mass is 10.1. The lowest BCUT2D eigenvalue weighted by Crippen LogP contribution is -2.08. The average Bonchev–Trinajstić information content (AvgIpc) is 2.80. The zero-order valence-corrected chi connectivity index (χ0v) is 10.3. The van der Waals surface area contributed by atoms with Crippen LogP contribution in [0.4, 0.5) is 4.39 Å². The minimum Gasteiger partial charge on any atom is -0.425 e. The molecular weight excluding hydrogens is 233 g/mol. The van der Waals surface area contributed by atoms with E-state index in [1.54, 1.807) is 18.2 Å². The summed E-state index contributed by atoms with van der Waals surface area (Å²) < 4.78 is 18.9. The van der Waals surface area contributed by atoms with E-state index in [4.69, 9.17) is 4.42 Å². The van der Waals surface area contributed by atoms with Crippen LogP contribution in [0.1, 0.15) is 23.8 Å². The summed E-state index contributed by atoms with van der Waals surface area (Å²) >= 11 is 0. The van der Waals surface area contributed by atoms with Crippen LogP contribution in [0.2, 0.25) is 0 Å². The Bertz CT molecular complexity index is 498. The maximum absolute atomic E-state index is 13.4. The molecule has 0 aliphatic heterocycles. The largest absolute Gasteiger partial charge is 0.425 e. The smallest absolute Gasteiger partial charge is 0.221 e. The van der Waals surface area contributed by atoms with E-state index in [9.17, 15) is 4.39 Å². The number of hydrogen-bond acceptors (Lipinski definition) is 4. The Balaban J connectivity index is 1.96. The van der Waals surface area contributed by atoms with Gasteiger partial charge in [0.15, 0.2) is 0 Å². The molecule has 1 N–H and O–H groups in total. The summed E-state index contributed by atoms with van der Waals surface area (Å²) in [7, 11) is 1.90. The zero-order valence-electron chi connectivity index (χ0n) is 10.3. The Morgan fingerprint density at radius 3 is 2.78 bits per heavy atom. The molecule has 1 aromatic heterocycles. The van der Waals surface area contributed by atoms with E-state index in [2.05, 4.69) is 15.5 Å². The third kappa shape index (κ3) is 3.37. The van der Waals surface area contributed by atoms with Crippen LogP contribution in [0.5, 0.6) is 0 Å². The monoisotopic (exact) mass is 249 g/mol. The van der Waals surface area contributed by atoms with Crippen molar-refractivity contribution in [3.05, 3.63) is 47.4 Å². The average molecular weight is 249 g/mol. The Morgan fingerprint density at radius 2 is 2.00 bits per heavy atom. The van der Waals surface area contributed by atoms with E-state index in [-0.39, 0.29) is 5.82 Å². The van der Waals surface area contributed by atoms with Crippen molar-refractivity contribution in [2.24, 2.45) is 0 Å². The fraction of sp³-hybridized carbons (Fsp3) is 0.385. The van der Waals surface area contributed by atoms with Crippen molar-refractivity contribution in [1.29, 1.82) is 0 Å². The van der Waals surface area contributed by atoms with Gasteiger partial charge >= 0.3 is 0 Å². The van der Waals surface area contributed by atoms with Gasteiger partial charge in [-0.25, -0.2) is 4.39 Å². The molecule has 0 aliphatic rings. The molecule has 0 spiro atoms. The van der Waals surface area contributed by atoms with Crippen LogP contribution in [-0.4, -0.2) is 23.8 Å². The molecule has 0 atom stereocenters. The Hall–Kier alpha value is -1.75. The van der Waals surface area contributed by atoms with Crippen molar-refractivity contribution in [2.75, 3.05) is 13.6 Å². The van der Waals surface area contributed by atoms with Crippen molar-refractivity contribution < 1.29 is 8.81 Å². The van der Waals surface area contributed by atoms with E-state index in [1.807, 2.05) is 7.05 Å². The van der Waals surface area contributed by atoms with Crippen LogP contribution in [0.15, 0.2) is 28.7 Å². The van der Waals surface area contributed by atoms with Crippen molar-refractivity contribution in [3.63, 3.8) is 0 Å². The molecule has 1 aromatic carbocycles. The highest BCUT2D eigenvalue weighted by Gasteiger charge is 2.09. The maximum atomic E-state index is 13.4. The maximum Gasteiger partial charge on any atom is 0.221 e. The van der Waals surface area contributed by atoms with Crippen LogP contribution in [0.3, 0.4) is 0 Å². The zero-order chi connectivity index (χ0) is 12.8. The molecule has 0 fully saturated rings. The Kier molecular flexibility index (Phi) is 4.41. The molecule has 0 aliphatic carbocycles. The van der Waals surface area contributed by atoms with Crippen LogP contribution in [0.25, 0.3) is 0 Å². The van der Waals surface area contributed by atoms with E-state index >= 15 is 0 Å². The first-order valence-electron chi connectivity index (χ1n) is 5.99. The lowest BCUT2D eigenvalue weighted by molar-refractivity contribution is 0.448. The first-order valence-corrected chi connectivity index (χ1v) is 5.99. The standard InChI is InChI=1S/C13H16FN3O/c1-15-8-4-7-12-16-17-13(18-12)9-10-5-2-3-6-11(10)14/h2-3,5-6,15H,4,7-9H2,1H3. The summed E-state index contributed by atoms with van der Waals surface area (Å²) in [6, 6.07) is 6.61. The van der Waals surface area contributed by atoms with Crippen molar-refractivity contribution >= 4 is 0 Å². The molecule has 0 saturated heterocycles. The van der Waals surface area contributed by atoms with E-state index in [0.717, 1.165) is 19.4 Å². The molecule has 0 radical (unpaired) electrons. The van der Waals surface area contributed by atoms with Gasteiger partial charge in [0, 0.05) is 6.42 Å². The number of rotatable bonds is 6. The van der Waals surface area contributed by atoms with Crippen molar-refractivity contribution in [2.45, 2.75) is 19.3 Å². The molecule has 0 saturated carbocycles. The van der Waals surface area contributed by atoms with Crippen LogP contribution in [0, 0.1) is 5.82 Å². The molecule has 0 bridgehead atoms. The number of hydrogen-bond donors (Lipinski definition) is 1. The van der Waals surface area contributed by atoms with Crippen molar-refractivity contribution in [3.8, 4) is 0 Å². The van der Waals surface area contributed by atoms with E-state index in [0.29, 0.717) is 23.8 Å². The molecule has 5 heteroatoms. The van der Waals surface area contributed by atoms with Gasteiger partial charge in [-0.2, -0.15) is 0 Å². The van der Waals surface area contributed by atoms with Gasteiger partial charge in [0.1, 0.15) is 5.82 Å². The fourth-order valence-corrected chi connectivity index (χ4v) is 1.68. The second-order valence-corrected chi connectivity index (χ2v) is 4.06. The van der Waals surface area contributed by atoms with Gasteiger partial charge < -0.3 is 9.73 Å². The number of nitrogens with zero attached hydrogens (tertiary/aromatic N) is 2. The molecule has 2 aromatic rings. The number of benzene rings is 1. The summed E-state index contributed by atoms with van der Waals surface area (Å²) in [4.78, 5) is 0. The summed E-state index contributed by atoms with van der Waals surface area (Å²) in [6.07, 6.45) is 2.02. The van der Waals surface area contributed by atoms with Gasteiger partial charge in [0.25, 0.3) is 0 Å². The van der Waals surface area contributed by atoms with E-state index < -0.39 is 0 Å². The number of nitrogens with one attached hydrogen (secondary N) is 1. The summed E-state index contributed by atoms with van der Waals surface area (Å²) in [6.45, 7) is 0.908. The first kappa shape index (κ1) is 12.7. The number of aryl methyl sites for hydroxylation is 1. The SMILES string of the molecule is CNCCCc1nnc(Cc2ccccc2F)o1. The molecule has 96 valence electrons. The second kappa shape index (κ2) is 6.26. The molecule has 4 nitrogen and oxygen atoms in total. The minimum absolute atomic E-state index is 0.243. The van der Waals surface area contributed by atoms with Crippen molar-refractivity contribution in [1.82, 2.24) is 15.5 Å². The number of aromatic nitrogens is 2. The molecule has 1 heterocycles. The highest BCUT2D eigenvalue weighted by Crippen LogP contribution is 2.12. The summed E-state index contributed by atoms with van der Waals surface area (Å²) in [5, 5.41) is 10.9. The highest BCUT2D eigenvalue weighted by atomic mass is 19.1. The lowest BCUT2D eigenvalue weighted by Gasteiger charge is -1.98.